The molecular weight excluding hydrogens is 352 g/mol. The lowest BCUT2D eigenvalue weighted by Gasteiger charge is -2.16. The molecule has 2 amide bonds. The standard InChI is InChI=1S/C17H16ClF2N3O2/c1-23(9-16(24)21-12-4-2-3-11(19)7-12)10-17(25)22-13-5-6-15(20)14(18)8-13/h2-8H,9-10H2,1H3,(H,21,24)(H,22,25). The number of amides is 2. The summed E-state index contributed by atoms with van der Waals surface area (Å²) in [7, 11) is 1.59. The van der Waals surface area contributed by atoms with Gasteiger partial charge in [-0.15, -0.1) is 0 Å². The van der Waals surface area contributed by atoms with Gasteiger partial charge in [-0.25, -0.2) is 8.78 Å². The minimum absolute atomic E-state index is 0.0614. The van der Waals surface area contributed by atoms with E-state index in [9.17, 15) is 18.4 Å². The summed E-state index contributed by atoms with van der Waals surface area (Å²) in [6.07, 6.45) is 0. The minimum atomic E-state index is -0.578. The van der Waals surface area contributed by atoms with E-state index in [2.05, 4.69) is 10.6 Å². The number of rotatable bonds is 6. The SMILES string of the molecule is CN(CC(=O)Nc1cccc(F)c1)CC(=O)Nc1ccc(F)c(Cl)c1. The molecule has 25 heavy (non-hydrogen) atoms. The van der Waals surface area contributed by atoms with Gasteiger partial charge in [0.15, 0.2) is 0 Å². The van der Waals surface area contributed by atoms with Crippen molar-refractivity contribution in [1.29, 1.82) is 0 Å². The largest absolute Gasteiger partial charge is 0.325 e. The van der Waals surface area contributed by atoms with Gasteiger partial charge in [-0.1, -0.05) is 17.7 Å². The fourth-order valence-corrected chi connectivity index (χ4v) is 2.27. The molecule has 2 N–H and O–H groups in total. The summed E-state index contributed by atoms with van der Waals surface area (Å²) in [5, 5.41) is 5.00. The Labute approximate surface area is 148 Å². The number of carbonyl (C=O) groups is 2. The molecule has 132 valence electrons. The fraction of sp³-hybridized carbons (Fsp3) is 0.176. The molecule has 0 aromatic heterocycles. The van der Waals surface area contributed by atoms with Gasteiger partial charge in [0.05, 0.1) is 18.1 Å². The number of hydrogen-bond acceptors (Lipinski definition) is 3. The van der Waals surface area contributed by atoms with Crippen LogP contribution in [0.1, 0.15) is 0 Å². The van der Waals surface area contributed by atoms with Gasteiger partial charge in [-0.05, 0) is 43.4 Å². The maximum Gasteiger partial charge on any atom is 0.238 e. The summed E-state index contributed by atoms with van der Waals surface area (Å²) in [6.45, 7) is -0.125. The second kappa shape index (κ2) is 8.55. The first-order valence-corrected chi connectivity index (χ1v) is 7.70. The predicted octanol–water partition coefficient (Wildman–Crippen LogP) is 3.13. The van der Waals surface area contributed by atoms with Crippen LogP contribution in [0.4, 0.5) is 20.2 Å². The van der Waals surface area contributed by atoms with E-state index in [-0.39, 0.29) is 29.9 Å². The number of carbonyl (C=O) groups excluding carboxylic acids is 2. The highest BCUT2D eigenvalue weighted by Gasteiger charge is 2.12. The van der Waals surface area contributed by atoms with Crippen LogP contribution in [-0.4, -0.2) is 36.9 Å². The summed E-state index contributed by atoms with van der Waals surface area (Å²) in [6, 6.07) is 9.34. The average Bonchev–Trinajstić information content (AvgIpc) is 2.50. The molecular formula is C17H16ClF2N3O2. The van der Waals surface area contributed by atoms with Crippen molar-refractivity contribution in [3.8, 4) is 0 Å². The van der Waals surface area contributed by atoms with E-state index in [1.165, 1.54) is 35.2 Å². The molecule has 0 bridgehead atoms. The van der Waals surface area contributed by atoms with Crippen LogP contribution in [0, 0.1) is 11.6 Å². The smallest absolute Gasteiger partial charge is 0.238 e. The molecule has 0 aliphatic heterocycles. The van der Waals surface area contributed by atoms with Crippen LogP contribution in [0.3, 0.4) is 0 Å². The molecule has 2 aromatic carbocycles. The molecule has 0 aliphatic rings. The first kappa shape index (κ1) is 18.8. The maximum absolute atomic E-state index is 13.1. The Bertz CT molecular complexity index is 786. The van der Waals surface area contributed by atoms with Crippen molar-refractivity contribution in [2.24, 2.45) is 0 Å². The molecule has 2 aromatic rings. The lowest BCUT2D eigenvalue weighted by Crippen LogP contribution is -2.36. The zero-order valence-electron chi connectivity index (χ0n) is 13.4. The van der Waals surface area contributed by atoms with Crippen molar-refractivity contribution in [2.75, 3.05) is 30.8 Å². The average molecular weight is 368 g/mol. The topological polar surface area (TPSA) is 61.4 Å². The number of likely N-dealkylation sites (N-methyl/N-ethyl adjacent to an activating group) is 1. The van der Waals surface area contributed by atoms with Crippen molar-refractivity contribution in [2.45, 2.75) is 0 Å². The number of nitrogens with one attached hydrogen (secondary N) is 2. The van der Waals surface area contributed by atoms with Crippen LogP contribution in [0.25, 0.3) is 0 Å². The third-order valence-electron chi connectivity index (χ3n) is 3.14. The maximum atomic E-state index is 13.1. The van der Waals surface area contributed by atoms with Gasteiger partial charge in [0.25, 0.3) is 0 Å². The van der Waals surface area contributed by atoms with Crippen LogP contribution < -0.4 is 10.6 Å². The van der Waals surface area contributed by atoms with E-state index in [4.69, 9.17) is 11.6 Å². The van der Waals surface area contributed by atoms with Crippen LogP contribution in [0.2, 0.25) is 5.02 Å². The summed E-state index contributed by atoms with van der Waals surface area (Å²) in [5.41, 5.74) is 0.692. The number of benzene rings is 2. The Kier molecular flexibility index (Phi) is 6.44. The van der Waals surface area contributed by atoms with Crippen molar-refractivity contribution in [3.63, 3.8) is 0 Å². The Morgan fingerprint density at radius 3 is 2.16 bits per heavy atom. The monoisotopic (exact) mass is 367 g/mol. The highest BCUT2D eigenvalue weighted by Crippen LogP contribution is 2.19. The quantitative estimate of drug-likeness (QED) is 0.824. The second-order valence-corrected chi connectivity index (χ2v) is 5.82. The van der Waals surface area contributed by atoms with Gasteiger partial charge in [0.1, 0.15) is 11.6 Å². The molecule has 0 fully saturated rings. The van der Waals surface area contributed by atoms with Crippen molar-refractivity contribution < 1.29 is 18.4 Å². The first-order chi connectivity index (χ1) is 11.8. The van der Waals surface area contributed by atoms with Crippen LogP contribution in [0.15, 0.2) is 42.5 Å². The third kappa shape index (κ3) is 6.13. The highest BCUT2D eigenvalue weighted by atomic mass is 35.5. The summed E-state index contributed by atoms with van der Waals surface area (Å²) in [5.74, 6) is -1.80. The Balaban J connectivity index is 1.82. The van der Waals surface area contributed by atoms with E-state index in [1.807, 2.05) is 0 Å². The zero-order valence-corrected chi connectivity index (χ0v) is 14.1. The van der Waals surface area contributed by atoms with Crippen molar-refractivity contribution >= 4 is 34.8 Å². The predicted molar refractivity (Wildman–Crippen MR) is 92.6 cm³/mol. The zero-order chi connectivity index (χ0) is 18.4. The summed E-state index contributed by atoms with van der Waals surface area (Å²) in [4.78, 5) is 25.3. The highest BCUT2D eigenvalue weighted by molar-refractivity contribution is 6.31. The lowest BCUT2D eigenvalue weighted by molar-refractivity contribution is -0.119. The molecule has 0 aliphatic carbocycles. The molecule has 0 saturated carbocycles. The normalized spacial score (nSPS) is 10.6. The molecule has 2 rings (SSSR count). The van der Waals surface area contributed by atoms with Gasteiger partial charge in [0, 0.05) is 11.4 Å². The van der Waals surface area contributed by atoms with Gasteiger partial charge >= 0.3 is 0 Å². The summed E-state index contributed by atoms with van der Waals surface area (Å²) < 4.78 is 26.1. The van der Waals surface area contributed by atoms with E-state index < -0.39 is 11.6 Å². The first-order valence-electron chi connectivity index (χ1n) is 7.32. The van der Waals surface area contributed by atoms with Gasteiger partial charge in [-0.3, -0.25) is 14.5 Å². The van der Waals surface area contributed by atoms with E-state index in [0.29, 0.717) is 11.4 Å². The molecule has 8 heteroatoms. The van der Waals surface area contributed by atoms with Gasteiger partial charge in [-0.2, -0.15) is 0 Å². The van der Waals surface area contributed by atoms with Gasteiger partial charge in [0.2, 0.25) is 11.8 Å². The van der Waals surface area contributed by atoms with E-state index in [0.717, 1.165) is 6.07 Å². The molecule has 0 unspecified atom stereocenters. The molecule has 0 heterocycles. The summed E-state index contributed by atoms with van der Waals surface area (Å²) >= 11 is 5.64. The molecule has 0 radical (unpaired) electrons. The molecule has 5 nitrogen and oxygen atoms in total. The molecule has 0 atom stereocenters. The third-order valence-corrected chi connectivity index (χ3v) is 3.43. The van der Waals surface area contributed by atoms with Gasteiger partial charge < -0.3 is 10.6 Å². The Morgan fingerprint density at radius 2 is 1.60 bits per heavy atom. The fourth-order valence-electron chi connectivity index (χ4n) is 2.09. The van der Waals surface area contributed by atoms with Crippen LogP contribution >= 0.6 is 11.6 Å². The number of nitrogens with zero attached hydrogens (tertiary/aromatic N) is 1. The Morgan fingerprint density at radius 1 is 1.00 bits per heavy atom. The molecule has 0 spiro atoms. The number of anilines is 2. The van der Waals surface area contributed by atoms with E-state index >= 15 is 0 Å². The number of halogens is 3. The van der Waals surface area contributed by atoms with Crippen LogP contribution in [0.5, 0.6) is 0 Å². The minimum Gasteiger partial charge on any atom is -0.325 e. The van der Waals surface area contributed by atoms with E-state index in [1.54, 1.807) is 13.1 Å². The Hall–Kier alpha value is -2.51. The van der Waals surface area contributed by atoms with Crippen LogP contribution in [-0.2, 0) is 9.59 Å². The lowest BCUT2D eigenvalue weighted by atomic mass is 10.3. The second-order valence-electron chi connectivity index (χ2n) is 5.41. The molecule has 0 saturated heterocycles. The number of hydrogen-bond donors (Lipinski definition) is 2. The van der Waals surface area contributed by atoms with Crippen molar-refractivity contribution in [3.05, 3.63) is 59.1 Å². The van der Waals surface area contributed by atoms with Crippen molar-refractivity contribution in [1.82, 2.24) is 4.90 Å².